The number of hydrogen-bond acceptors (Lipinski definition) is 3. The van der Waals surface area contributed by atoms with Gasteiger partial charge >= 0.3 is 0 Å². The summed E-state index contributed by atoms with van der Waals surface area (Å²) in [6.07, 6.45) is 1.33. The summed E-state index contributed by atoms with van der Waals surface area (Å²) in [6, 6.07) is 9.14. The first-order valence-corrected chi connectivity index (χ1v) is 9.74. The van der Waals surface area contributed by atoms with Crippen molar-refractivity contribution in [2.75, 3.05) is 0 Å². The largest absolute Gasteiger partial charge is 0.507 e. The van der Waals surface area contributed by atoms with E-state index in [1.54, 1.807) is 12.1 Å². The molecule has 30 heavy (non-hydrogen) atoms. The van der Waals surface area contributed by atoms with Crippen LogP contribution in [0.4, 0.5) is 0 Å². The van der Waals surface area contributed by atoms with Crippen molar-refractivity contribution < 1.29 is 19.8 Å². The molecular formula is C25H29NO4. The molecular weight excluding hydrogens is 378 g/mol. The monoisotopic (exact) mass is 407 g/mol. The van der Waals surface area contributed by atoms with Crippen molar-refractivity contribution in [3.05, 3.63) is 75.5 Å². The minimum absolute atomic E-state index is 0.00906. The predicted molar refractivity (Wildman–Crippen MR) is 121 cm³/mol. The lowest BCUT2D eigenvalue weighted by Crippen LogP contribution is -2.01. The number of aryl methyl sites for hydroxylation is 3. The molecule has 0 aliphatic rings. The van der Waals surface area contributed by atoms with E-state index in [0.29, 0.717) is 11.1 Å². The fourth-order valence-electron chi connectivity index (χ4n) is 3.72. The van der Waals surface area contributed by atoms with Crippen molar-refractivity contribution in [2.45, 2.75) is 41.5 Å². The van der Waals surface area contributed by atoms with Crippen LogP contribution >= 0.6 is 0 Å². The van der Waals surface area contributed by atoms with Crippen molar-refractivity contribution in [3.8, 4) is 0 Å². The molecule has 0 spiro atoms. The molecule has 0 aliphatic heterocycles. The SMILES string of the molecule is CC(=O)O.Cc1c(C)c(C)c2c(c1C)c(C(=O)/C=C(\O)c1ccccc1)c(C)n2C. The number of aromatic nitrogens is 1. The van der Waals surface area contributed by atoms with Crippen molar-refractivity contribution in [1.82, 2.24) is 4.57 Å². The second-order valence-corrected chi connectivity index (χ2v) is 7.52. The summed E-state index contributed by atoms with van der Waals surface area (Å²) in [6.45, 7) is 11.5. The van der Waals surface area contributed by atoms with E-state index in [4.69, 9.17) is 9.90 Å². The number of allylic oxidation sites excluding steroid dienone is 1. The molecule has 5 nitrogen and oxygen atoms in total. The smallest absolute Gasteiger partial charge is 0.300 e. The molecule has 0 fully saturated rings. The summed E-state index contributed by atoms with van der Waals surface area (Å²) >= 11 is 0. The number of carbonyl (C=O) groups is 2. The molecule has 0 saturated carbocycles. The fourth-order valence-corrected chi connectivity index (χ4v) is 3.72. The van der Waals surface area contributed by atoms with Crippen LogP contribution < -0.4 is 0 Å². The maximum atomic E-state index is 13.1. The predicted octanol–water partition coefficient (Wildman–Crippen LogP) is 5.59. The van der Waals surface area contributed by atoms with Gasteiger partial charge in [-0.2, -0.15) is 0 Å². The molecule has 0 amide bonds. The summed E-state index contributed by atoms with van der Waals surface area (Å²) in [5.74, 6) is -1.01. The Bertz CT molecular complexity index is 1150. The highest BCUT2D eigenvalue weighted by atomic mass is 16.4. The zero-order valence-electron chi connectivity index (χ0n) is 18.6. The Morgan fingerprint density at radius 1 is 0.867 bits per heavy atom. The van der Waals surface area contributed by atoms with Gasteiger partial charge in [-0.1, -0.05) is 30.3 Å². The number of aliphatic carboxylic acids is 1. The van der Waals surface area contributed by atoms with E-state index in [0.717, 1.165) is 29.1 Å². The van der Waals surface area contributed by atoms with E-state index < -0.39 is 5.97 Å². The van der Waals surface area contributed by atoms with Crippen LogP contribution in [0.3, 0.4) is 0 Å². The highest BCUT2D eigenvalue weighted by Crippen LogP contribution is 2.35. The van der Waals surface area contributed by atoms with Crippen molar-refractivity contribution >= 4 is 28.4 Å². The van der Waals surface area contributed by atoms with E-state index in [2.05, 4.69) is 32.3 Å². The summed E-state index contributed by atoms with van der Waals surface area (Å²) in [7, 11) is 2.00. The highest BCUT2D eigenvalue weighted by Gasteiger charge is 2.23. The minimum atomic E-state index is -0.833. The number of nitrogens with zero attached hydrogens (tertiary/aromatic N) is 1. The molecule has 0 saturated heterocycles. The summed E-state index contributed by atoms with van der Waals surface area (Å²) in [5, 5.41) is 18.8. The maximum Gasteiger partial charge on any atom is 0.300 e. The van der Waals surface area contributed by atoms with E-state index in [1.165, 1.54) is 22.8 Å². The number of carbonyl (C=O) groups excluding carboxylic acids is 1. The molecule has 2 aromatic carbocycles. The van der Waals surface area contributed by atoms with Gasteiger partial charge in [-0.15, -0.1) is 0 Å². The molecule has 0 bridgehead atoms. The van der Waals surface area contributed by atoms with Gasteiger partial charge in [0.15, 0.2) is 5.78 Å². The Morgan fingerprint density at radius 3 is 1.90 bits per heavy atom. The zero-order chi connectivity index (χ0) is 22.7. The van der Waals surface area contributed by atoms with Crippen molar-refractivity contribution in [1.29, 1.82) is 0 Å². The molecule has 158 valence electrons. The highest BCUT2D eigenvalue weighted by molar-refractivity contribution is 6.17. The second-order valence-electron chi connectivity index (χ2n) is 7.52. The van der Waals surface area contributed by atoms with Gasteiger partial charge in [0.25, 0.3) is 5.97 Å². The first-order valence-electron chi connectivity index (χ1n) is 9.74. The maximum absolute atomic E-state index is 13.1. The van der Waals surface area contributed by atoms with Gasteiger partial charge in [0.2, 0.25) is 0 Å². The van der Waals surface area contributed by atoms with E-state index >= 15 is 0 Å². The molecule has 5 heteroatoms. The third-order valence-corrected chi connectivity index (χ3v) is 5.69. The first kappa shape index (κ1) is 22.9. The number of benzene rings is 2. The molecule has 0 unspecified atom stereocenters. The molecule has 1 aromatic heterocycles. The van der Waals surface area contributed by atoms with Crippen LogP contribution in [0.5, 0.6) is 0 Å². The lowest BCUT2D eigenvalue weighted by Gasteiger charge is -2.13. The van der Waals surface area contributed by atoms with Crippen LogP contribution in [-0.2, 0) is 11.8 Å². The Morgan fingerprint density at radius 2 is 1.37 bits per heavy atom. The van der Waals surface area contributed by atoms with Gasteiger partial charge in [0.05, 0.1) is 11.1 Å². The van der Waals surface area contributed by atoms with Gasteiger partial charge in [0, 0.05) is 36.7 Å². The normalized spacial score (nSPS) is 11.2. The van der Waals surface area contributed by atoms with Crippen molar-refractivity contribution in [3.63, 3.8) is 0 Å². The quantitative estimate of drug-likeness (QED) is 0.337. The van der Waals surface area contributed by atoms with Crippen LogP contribution in [0.2, 0.25) is 0 Å². The van der Waals surface area contributed by atoms with Crippen LogP contribution in [0.1, 0.15) is 50.8 Å². The molecule has 0 radical (unpaired) electrons. The zero-order valence-corrected chi connectivity index (χ0v) is 18.6. The van der Waals surface area contributed by atoms with Crippen LogP contribution in [-0.4, -0.2) is 26.5 Å². The lowest BCUT2D eigenvalue weighted by atomic mass is 9.92. The van der Waals surface area contributed by atoms with Crippen molar-refractivity contribution in [2.24, 2.45) is 7.05 Å². The Balaban J connectivity index is 0.000000735. The average Bonchev–Trinajstić information content (AvgIpc) is 2.96. The first-order chi connectivity index (χ1) is 14.0. The number of rotatable bonds is 3. The molecule has 2 N–H and O–H groups in total. The summed E-state index contributed by atoms with van der Waals surface area (Å²) in [4.78, 5) is 22.1. The molecule has 1 heterocycles. The Hall–Kier alpha value is -3.34. The van der Waals surface area contributed by atoms with Gasteiger partial charge in [0.1, 0.15) is 5.76 Å². The Labute approximate surface area is 177 Å². The summed E-state index contributed by atoms with van der Waals surface area (Å²) < 4.78 is 2.09. The number of hydrogen-bond donors (Lipinski definition) is 2. The standard InChI is InChI=1S/C23H25NO2.C2H4O2/c1-13-14(2)16(4)23-21(15(13)3)22(17(5)24(23)6)20(26)12-19(25)18-10-8-7-9-11-18;1-2(3)4/h7-12,25H,1-6H3;1H3,(H,3,4)/b19-12-;. The van der Waals surface area contributed by atoms with E-state index in [9.17, 15) is 9.90 Å². The fraction of sp³-hybridized carbons (Fsp3) is 0.280. The lowest BCUT2D eigenvalue weighted by molar-refractivity contribution is -0.134. The average molecular weight is 408 g/mol. The second kappa shape index (κ2) is 8.99. The number of carboxylic acid groups (broad SMARTS) is 1. The number of ketones is 1. The third-order valence-electron chi connectivity index (χ3n) is 5.69. The molecule has 0 aliphatic carbocycles. The Kier molecular flexibility index (Phi) is 6.88. The molecule has 0 atom stereocenters. The summed E-state index contributed by atoms with van der Waals surface area (Å²) in [5.41, 5.74) is 8.12. The minimum Gasteiger partial charge on any atom is -0.507 e. The number of aliphatic hydroxyl groups is 1. The third kappa shape index (κ3) is 4.30. The topological polar surface area (TPSA) is 79.5 Å². The van der Waals surface area contributed by atoms with Crippen LogP contribution in [0, 0.1) is 34.6 Å². The van der Waals surface area contributed by atoms with Gasteiger partial charge in [-0.3, -0.25) is 9.59 Å². The van der Waals surface area contributed by atoms with E-state index in [-0.39, 0.29) is 11.5 Å². The number of fused-ring (bicyclic) bond motifs is 1. The van der Waals surface area contributed by atoms with Gasteiger partial charge in [-0.25, -0.2) is 0 Å². The number of aliphatic hydroxyl groups excluding tert-OH is 1. The van der Waals surface area contributed by atoms with Gasteiger partial charge < -0.3 is 14.8 Å². The van der Waals surface area contributed by atoms with Crippen LogP contribution in [0.15, 0.2) is 36.4 Å². The van der Waals surface area contributed by atoms with Crippen LogP contribution in [0.25, 0.3) is 16.7 Å². The van der Waals surface area contributed by atoms with Gasteiger partial charge in [-0.05, 0) is 56.9 Å². The molecule has 3 rings (SSSR count). The molecule has 3 aromatic rings. The van der Waals surface area contributed by atoms with E-state index in [1.807, 2.05) is 32.2 Å². The number of carboxylic acids is 1.